The van der Waals surface area contributed by atoms with E-state index in [-0.39, 0.29) is 11.8 Å². The summed E-state index contributed by atoms with van der Waals surface area (Å²) in [6.07, 6.45) is 3.27. The van der Waals surface area contributed by atoms with Gasteiger partial charge in [-0.15, -0.1) is 11.3 Å². The van der Waals surface area contributed by atoms with Gasteiger partial charge < -0.3 is 4.90 Å². The topological polar surface area (TPSA) is 46.1 Å². The highest BCUT2D eigenvalue weighted by Crippen LogP contribution is 2.25. The van der Waals surface area contributed by atoms with E-state index in [1.807, 2.05) is 17.9 Å². The van der Waals surface area contributed by atoms with Crippen LogP contribution in [0.2, 0.25) is 0 Å². The van der Waals surface area contributed by atoms with Gasteiger partial charge >= 0.3 is 0 Å². The van der Waals surface area contributed by atoms with E-state index in [9.17, 15) is 4.79 Å². The zero-order chi connectivity index (χ0) is 14.8. The van der Waals surface area contributed by atoms with Gasteiger partial charge in [0, 0.05) is 40.7 Å². The summed E-state index contributed by atoms with van der Waals surface area (Å²) in [7, 11) is 0. The Labute approximate surface area is 128 Å². The quantitative estimate of drug-likeness (QED) is 0.875. The van der Waals surface area contributed by atoms with Gasteiger partial charge in [0.05, 0.1) is 6.42 Å². The highest BCUT2D eigenvalue weighted by Gasteiger charge is 2.29. The van der Waals surface area contributed by atoms with Crippen molar-refractivity contribution in [2.45, 2.75) is 32.6 Å². The summed E-state index contributed by atoms with van der Waals surface area (Å²) in [5.41, 5.74) is 0.985. The van der Waals surface area contributed by atoms with Crippen LogP contribution in [-0.4, -0.2) is 33.9 Å². The van der Waals surface area contributed by atoms with Crippen molar-refractivity contribution in [3.05, 3.63) is 45.7 Å². The monoisotopic (exact) mass is 301 g/mol. The number of carbonyl (C=O) groups is 1. The number of thiophene rings is 1. The van der Waals surface area contributed by atoms with Crippen LogP contribution in [0.4, 0.5) is 0 Å². The van der Waals surface area contributed by atoms with Crippen LogP contribution in [0.25, 0.3) is 0 Å². The number of hydrogen-bond donors (Lipinski definition) is 0. The minimum Gasteiger partial charge on any atom is -0.342 e. The van der Waals surface area contributed by atoms with Gasteiger partial charge in [0.1, 0.15) is 5.82 Å². The SMILES string of the molecule is Cc1ccnc([C@H]2CCN(C(=O)Cc3ccc(C)s3)C2)n1. The number of aryl methyl sites for hydroxylation is 2. The van der Waals surface area contributed by atoms with E-state index in [2.05, 4.69) is 29.0 Å². The molecule has 1 aliphatic rings. The molecule has 3 heterocycles. The number of hydrogen-bond acceptors (Lipinski definition) is 4. The molecule has 0 spiro atoms. The average molecular weight is 301 g/mol. The second kappa shape index (κ2) is 5.93. The third kappa shape index (κ3) is 3.29. The van der Waals surface area contributed by atoms with Crippen molar-refractivity contribution >= 4 is 17.2 Å². The number of aromatic nitrogens is 2. The highest BCUT2D eigenvalue weighted by molar-refractivity contribution is 7.12. The number of likely N-dealkylation sites (tertiary alicyclic amines) is 1. The number of carbonyl (C=O) groups excluding carboxylic acids is 1. The molecule has 2 aromatic rings. The van der Waals surface area contributed by atoms with Crippen molar-refractivity contribution in [1.29, 1.82) is 0 Å². The zero-order valence-electron chi connectivity index (χ0n) is 12.4. The average Bonchev–Trinajstić information content (AvgIpc) is 3.08. The van der Waals surface area contributed by atoms with Crippen LogP contribution < -0.4 is 0 Å². The Balaban J connectivity index is 1.62. The van der Waals surface area contributed by atoms with Crippen LogP contribution in [-0.2, 0) is 11.2 Å². The van der Waals surface area contributed by atoms with Crippen LogP contribution in [0.3, 0.4) is 0 Å². The van der Waals surface area contributed by atoms with Crippen molar-refractivity contribution in [3.63, 3.8) is 0 Å². The van der Waals surface area contributed by atoms with Crippen LogP contribution in [0, 0.1) is 13.8 Å². The van der Waals surface area contributed by atoms with Gasteiger partial charge in [0.15, 0.2) is 0 Å². The lowest BCUT2D eigenvalue weighted by atomic mass is 10.1. The minimum atomic E-state index is 0.215. The Hall–Kier alpha value is -1.75. The molecule has 1 amide bonds. The Bertz CT molecular complexity index is 652. The van der Waals surface area contributed by atoms with Gasteiger partial charge in [-0.05, 0) is 38.5 Å². The molecular weight excluding hydrogens is 282 g/mol. The first-order valence-electron chi connectivity index (χ1n) is 7.24. The molecule has 0 radical (unpaired) electrons. The van der Waals surface area contributed by atoms with Crippen molar-refractivity contribution in [2.75, 3.05) is 13.1 Å². The summed E-state index contributed by atoms with van der Waals surface area (Å²) < 4.78 is 0. The van der Waals surface area contributed by atoms with E-state index < -0.39 is 0 Å². The molecule has 0 aliphatic carbocycles. The smallest absolute Gasteiger partial charge is 0.227 e. The fourth-order valence-corrected chi connectivity index (χ4v) is 3.58. The second-order valence-electron chi connectivity index (χ2n) is 5.57. The normalized spacial score (nSPS) is 18.2. The highest BCUT2D eigenvalue weighted by atomic mass is 32.1. The molecule has 0 saturated carbocycles. The Kier molecular flexibility index (Phi) is 4.01. The van der Waals surface area contributed by atoms with Crippen molar-refractivity contribution < 1.29 is 4.79 Å². The van der Waals surface area contributed by atoms with Crippen molar-refractivity contribution in [2.24, 2.45) is 0 Å². The van der Waals surface area contributed by atoms with Gasteiger partial charge in [-0.2, -0.15) is 0 Å². The van der Waals surface area contributed by atoms with Gasteiger partial charge in [0.25, 0.3) is 0 Å². The molecule has 110 valence electrons. The molecular formula is C16H19N3OS. The molecule has 5 heteroatoms. The molecule has 0 aromatic carbocycles. The summed E-state index contributed by atoms with van der Waals surface area (Å²) in [5.74, 6) is 1.36. The van der Waals surface area contributed by atoms with Gasteiger partial charge in [0.2, 0.25) is 5.91 Å². The van der Waals surface area contributed by atoms with Crippen LogP contribution >= 0.6 is 11.3 Å². The zero-order valence-corrected chi connectivity index (χ0v) is 13.2. The van der Waals surface area contributed by atoms with Gasteiger partial charge in [-0.25, -0.2) is 9.97 Å². The molecule has 21 heavy (non-hydrogen) atoms. The fraction of sp³-hybridized carbons (Fsp3) is 0.438. The van der Waals surface area contributed by atoms with Crippen LogP contribution in [0.1, 0.15) is 33.6 Å². The maximum absolute atomic E-state index is 12.4. The van der Waals surface area contributed by atoms with E-state index in [0.717, 1.165) is 35.9 Å². The van der Waals surface area contributed by atoms with Crippen molar-refractivity contribution in [3.8, 4) is 0 Å². The first kappa shape index (κ1) is 14.2. The lowest BCUT2D eigenvalue weighted by Crippen LogP contribution is -2.29. The molecule has 0 N–H and O–H groups in total. The van der Waals surface area contributed by atoms with E-state index in [4.69, 9.17) is 0 Å². The standard InChI is InChI=1S/C16H19N3OS/c1-11-5-7-17-16(18-11)13-6-8-19(10-13)15(20)9-14-4-3-12(2)21-14/h3-5,7,13H,6,8-10H2,1-2H3/t13-/m0/s1. The summed E-state index contributed by atoms with van der Waals surface area (Å²) in [4.78, 5) is 25.6. The summed E-state index contributed by atoms with van der Waals surface area (Å²) in [6.45, 7) is 5.60. The number of rotatable bonds is 3. The molecule has 1 atom stereocenters. The molecule has 1 fully saturated rings. The van der Waals surface area contributed by atoms with Crippen LogP contribution in [0.5, 0.6) is 0 Å². The Morgan fingerprint density at radius 3 is 2.95 bits per heavy atom. The molecule has 1 aliphatic heterocycles. The molecule has 0 unspecified atom stereocenters. The predicted octanol–water partition coefficient (Wildman–Crippen LogP) is 2.71. The Morgan fingerprint density at radius 2 is 2.24 bits per heavy atom. The van der Waals surface area contributed by atoms with E-state index >= 15 is 0 Å². The predicted molar refractivity (Wildman–Crippen MR) is 83.5 cm³/mol. The first-order valence-corrected chi connectivity index (χ1v) is 8.06. The van der Waals surface area contributed by atoms with Crippen LogP contribution in [0.15, 0.2) is 24.4 Å². The van der Waals surface area contributed by atoms with Crippen molar-refractivity contribution in [1.82, 2.24) is 14.9 Å². The second-order valence-corrected chi connectivity index (χ2v) is 6.94. The largest absolute Gasteiger partial charge is 0.342 e. The molecule has 2 aromatic heterocycles. The maximum Gasteiger partial charge on any atom is 0.227 e. The first-order chi connectivity index (χ1) is 10.1. The van der Waals surface area contributed by atoms with Gasteiger partial charge in [-0.3, -0.25) is 4.79 Å². The summed E-state index contributed by atoms with van der Waals surface area (Å²) in [6, 6.07) is 6.02. The van der Waals surface area contributed by atoms with E-state index in [1.165, 1.54) is 4.88 Å². The molecule has 4 nitrogen and oxygen atoms in total. The lowest BCUT2D eigenvalue weighted by Gasteiger charge is -2.15. The summed E-state index contributed by atoms with van der Waals surface area (Å²) in [5, 5.41) is 0. The van der Waals surface area contributed by atoms with Gasteiger partial charge in [-0.1, -0.05) is 0 Å². The van der Waals surface area contributed by atoms with E-state index in [1.54, 1.807) is 17.5 Å². The minimum absolute atomic E-state index is 0.215. The number of nitrogens with zero attached hydrogens (tertiary/aromatic N) is 3. The maximum atomic E-state index is 12.4. The van der Waals surface area contributed by atoms with E-state index in [0.29, 0.717) is 6.42 Å². The fourth-order valence-electron chi connectivity index (χ4n) is 2.70. The molecule has 0 bridgehead atoms. The molecule has 1 saturated heterocycles. The third-order valence-electron chi connectivity index (χ3n) is 3.84. The third-order valence-corrected chi connectivity index (χ3v) is 4.84. The lowest BCUT2D eigenvalue weighted by molar-refractivity contribution is -0.129. The molecule has 3 rings (SSSR count). The Morgan fingerprint density at radius 1 is 1.38 bits per heavy atom. The number of amides is 1. The summed E-state index contributed by atoms with van der Waals surface area (Å²) >= 11 is 1.70.